The van der Waals surface area contributed by atoms with Crippen molar-refractivity contribution in [3.05, 3.63) is 30.3 Å². The number of alkyl halides is 1. The molecular formula is C8H6BrO2. The molecule has 1 rings (SSSR count). The van der Waals surface area contributed by atoms with Gasteiger partial charge in [-0.1, -0.05) is 18.2 Å². The summed E-state index contributed by atoms with van der Waals surface area (Å²) in [5.74, 6) is 0.651. The van der Waals surface area contributed by atoms with Gasteiger partial charge in [0.05, 0.1) is 0 Å². The Hall–Kier alpha value is -0.830. The highest BCUT2D eigenvalue weighted by molar-refractivity contribution is 9.09. The van der Waals surface area contributed by atoms with Crippen molar-refractivity contribution in [3.63, 3.8) is 0 Å². The van der Waals surface area contributed by atoms with Gasteiger partial charge in [-0.15, -0.1) is 0 Å². The van der Waals surface area contributed by atoms with Crippen LogP contribution in [0.2, 0.25) is 0 Å². The zero-order chi connectivity index (χ0) is 8.10. The summed E-state index contributed by atoms with van der Waals surface area (Å²) in [7, 11) is 0. The Kier molecular flexibility index (Phi) is 3.11. The van der Waals surface area contributed by atoms with Crippen LogP contribution in [0.3, 0.4) is 0 Å². The number of para-hydroxylation sites is 1. The molecule has 0 bridgehead atoms. The predicted octanol–water partition coefficient (Wildman–Crippen LogP) is 1.90. The third-order valence-corrected chi connectivity index (χ3v) is 1.45. The average molecular weight is 214 g/mol. The van der Waals surface area contributed by atoms with Crippen LogP contribution in [0.15, 0.2) is 30.3 Å². The lowest BCUT2D eigenvalue weighted by Gasteiger charge is -2.04. The van der Waals surface area contributed by atoms with E-state index in [1.165, 1.54) is 0 Å². The van der Waals surface area contributed by atoms with Gasteiger partial charge < -0.3 is 4.74 Å². The van der Waals surface area contributed by atoms with E-state index in [1.807, 2.05) is 18.2 Å². The van der Waals surface area contributed by atoms with Gasteiger partial charge in [0.1, 0.15) is 5.75 Å². The largest absolute Gasteiger partial charge is 0.471 e. The molecule has 57 valence electrons. The van der Waals surface area contributed by atoms with Gasteiger partial charge in [0.15, 0.2) is 0 Å². The minimum Gasteiger partial charge on any atom is -0.471 e. The number of carbonyl (C=O) groups excluding carboxylic acids is 1. The highest BCUT2D eigenvalue weighted by Crippen LogP contribution is 2.12. The smallest absolute Gasteiger partial charge is 0.254 e. The van der Waals surface area contributed by atoms with E-state index in [9.17, 15) is 4.79 Å². The van der Waals surface area contributed by atoms with E-state index in [0.29, 0.717) is 5.75 Å². The molecule has 0 aliphatic rings. The van der Waals surface area contributed by atoms with Crippen LogP contribution in [0.1, 0.15) is 0 Å². The number of benzene rings is 1. The minimum absolute atomic E-state index is 0.651. The highest BCUT2D eigenvalue weighted by atomic mass is 79.9. The van der Waals surface area contributed by atoms with Gasteiger partial charge in [-0.25, -0.2) is 0 Å². The fraction of sp³-hybridized carbons (Fsp3) is 0.125. The zero-order valence-electron chi connectivity index (χ0n) is 5.66. The molecule has 0 amide bonds. The quantitative estimate of drug-likeness (QED) is 0.718. The van der Waals surface area contributed by atoms with Crippen LogP contribution in [0, 0.1) is 0 Å². The summed E-state index contributed by atoms with van der Waals surface area (Å²) in [5.41, 5.74) is 0. The Labute approximate surface area is 73.3 Å². The fourth-order valence-corrected chi connectivity index (χ4v) is 0.858. The molecule has 0 saturated carbocycles. The second kappa shape index (κ2) is 4.13. The summed E-state index contributed by atoms with van der Waals surface area (Å²) in [6.45, 7) is 0. The lowest BCUT2D eigenvalue weighted by Crippen LogP contribution is -2.08. The lowest BCUT2D eigenvalue weighted by molar-refractivity contribution is 0.342. The summed E-state index contributed by atoms with van der Waals surface area (Å²) in [4.78, 5) is 10.0. The highest BCUT2D eigenvalue weighted by Gasteiger charge is 2.02. The number of hydrogen-bond donors (Lipinski definition) is 0. The Morgan fingerprint density at radius 1 is 1.36 bits per heavy atom. The first-order valence-corrected chi connectivity index (χ1v) is 3.98. The number of halogens is 1. The Balaban J connectivity index is 2.57. The second-order valence-electron chi connectivity index (χ2n) is 1.86. The van der Waals surface area contributed by atoms with Crippen LogP contribution in [-0.4, -0.2) is 11.3 Å². The third-order valence-electron chi connectivity index (χ3n) is 1.08. The monoisotopic (exact) mass is 213 g/mol. The van der Waals surface area contributed by atoms with E-state index in [2.05, 4.69) is 15.9 Å². The van der Waals surface area contributed by atoms with Gasteiger partial charge in [0.25, 0.3) is 6.29 Å². The van der Waals surface area contributed by atoms with Crippen LogP contribution < -0.4 is 4.74 Å². The summed E-state index contributed by atoms with van der Waals surface area (Å²) in [5, 5.41) is -0.676. The summed E-state index contributed by atoms with van der Waals surface area (Å²) < 4.78 is 5.06. The Morgan fingerprint density at radius 2 is 2.00 bits per heavy atom. The normalized spacial score (nSPS) is 12.1. The molecular weight excluding hydrogens is 208 g/mol. The Morgan fingerprint density at radius 3 is 2.55 bits per heavy atom. The standard InChI is InChI=1S/C8H6BrO2/c9-8(6-10)11-7-4-2-1-3-5-7/h1-5,8H. The van der Waals surface area contributed by atoms with Gasteiger partial charge in [0.2, 0.25) is 5.01 Å². The third kappa shape index (κ3) is 2.72. The van der Waals surface area contributed by atoms with Crippen LogP contribution in [0.25, 0.3) is 0 Å². The van der Waals surface area contributed by atoms with Crippen molar-refractivity contribution in [1.82, 2.24) is 0 Å². The second-order valence-corrected chi connectivity index (χ2v) is 2.70. The van der Waals surface area contributed by atoms with Gasteiger partial charge >= 0.3 is 0 Å². The number of rotatable bonds is 3. The van der Waals surface area contributed by atoms with Gasteiger partial charge in [-0.2, -0.15) is 0 Å². The molecule has 0 N–H and O–H groups in total. The molecule has 1 unspecified atom stereocenters. The molecule has 0 aliphatic carbocycles. The van der Waals surface area contributed by atoms with Gasteiger partial charge in [0, 0.05) is 0 Å². The fourth-order valence-electron chi connectivity index (χ4n) is 0.643. The molecule has 0 fully saturated rings. The molecule has 0 spiro atoms. The molecule has 3 heteroatoms. The number of hydrogen-bond acceptors (Lipinski definition) is 2. The maximum atomic E-state index is 10.0. The zero-order valence-corrected chi connectivity index (χ0v) is 7.24. The van der Waals surface area contributed by atoms with E-state index in [1.54, 1.807) is 18.4 Å². The summed E-state index contributed by atoms with van der Waals surface area (Å²) in [6, 6.07) is 9.08. The molecule has 1 radical (unpaired) electrons. The summed E-state index contributed by atoms with van der Waals surface area (Å²) >= 11 is 2.97. The minimum atomic E-state index is -0.676. The van der Waals surface area contributed by atoms with Crippen molar-refractivity contribution in [2.45, 2.75) is 5.01 Å². The van der Waals surface area contributed by atoms with Crippen LogP contribution in [0.5, 0.6) is 5.75 Å². The molecule has 0 saturated heterocycles. The molecule has 1 aromatic carbocycles. The predicted molar refractivity (Wildman–Crippen MR) is 45.5 cm³/mol. The van der Waals surface area contributed by atoms with Gasteiger partial charge in [-0.05, 0) is 28.1 Å². The molecule has 11 heavy (non-hydrogen) atoms. The van der Waals surface area contributed by atoms with Crippen molar-refractivity contribution < 1.29 is 9.53 Å². The van der Waals surface area contributed by atoms with E-state index in [0.717, 1.165) is 0 Å². The topological polar surface area (TPSA) is 26.3 Å². The molecule has 0 aliphatic heterocycles. The van der Waals surface area contributed by atoms with E-state index >= 15 is 0 Å². The van der Waals surface area contributed by atoms with Crippen molar-refractivity contribution in [3.8, 4) is 5.75 Å². The lowest BCUT2D eigenvalue weighted by atomic mass is 10.3. The first-order valence-electron chi connectivity index (χ1n) is 3.06. The maximum absolute atomic E-state index is 10.0. The molecule has 2 nitrogen and oxygen atoms in total. The van der Waals surface area contributed by atoms with Crippen molar-refractivity contribution in [1.29, 1.82) is 0 Å². The molecule has 1 aromatic rings. The van der Waals surface area contributed by atoms with Crippen LogP contribution >= 0.6 is 15.9 Å². The van der Waals surface area contributed by atoms with Crippen molar-refractivity contribution in [2.75, 3.05) is 0 Å². The first kappa shape index (κ1) is 8.27. The SMILES string of the molecule is O=[C]C(Br)Oc1ccccc1. The van der Waals surface area contributed by atoms with Crippen LogP contribution in [0.4, 0.5) is 0 Å². The first-order chi connectivity index (χ1) is 5.33. The maximum Gasteiger partial charge on any atom is 0.254 e. The van der Waals surface area contributed by atoms with Crippen molar-refractivity contribution >= 4 is 22.2 Å². The molecule has 0 aromatic heterocycles. The van der Waals surface area contributed by atoms with E-state index in [4.69, 9.17) is 4.74 Å². The average Bonchev–Trinajstić information content (AvgIpc) is 2.06. The molecule has 0 heterocycles. The van der Waals surface area contributed by atoms with Crippen molar-refractivity contribution in [2.24, 2.45) is 0 Å². The summed E-state index contributed by atoms with van der Waals surface area (Å²) in [6.07, 6.45) is 1.66. The number of ether oxygens (including phenoxy) is 1. The van der Waals surface area contributed by atoms with E-state index in [-0.39, 0.29) is 0 Å². The Bertz CT molecular complexity index is 223. The van der Waals surface area contributed by atoms with Gasteiger partial charge in [-0.3, -0.25) is 4.79 Å². The van der Waals surface area contributed by atoms with E-state index < -0.39 is 5.01 Å². The molecule has 1 atom stereocenters. The van der Waals surface area contributed by atoms with Crippen LogP contribution in [-0.2, 0) is 4.79 Å².